The highest BCUT2D eigenvalue weighted by molar-refractivity contribution is 5.76. The fourth-order valence-electron chi connectivity index (χ4n) is 3.25. The molecule has 6 heteroatoms. The number of benzene rings is 1. The fourth-order valence-corrected chi connectivity index (χ4v) is 3.25. The van der Waals surface area contributed by atoms with Crippen molar-refractivity contribution in [2.45, 2.75) is 44.2 Å². The van der Waals surface area contributed by atoms with E-state index in [1.807, 2.05) is 13.2 Å². The number of amides is 1. The molecule has 4 rings (SSSR count). The van der Waals surface area contributed by atoms with Crippen LogP contribution in [0.3, 0.4) is 0 Å². The quantitative estimate of drug-likeness (QED) is 0.819. The van der Waals surface area contributed by atoms with Crippen molar-refractivity contribution in [1.29, 1.82) is 0 Å². The number of nitrogens with zero attached hydrogens (tertiary/aromatic N) is 4. The summed E-state index contributed by atoms with van der Waals surface area (Å²) < 4.78 is 14.8. The first kappa shape index (κ1) is 15.3. The van der Waals surface area contributed by atoms with E-state index in [1.54, 1.807) is 21.7 Å². The molecule has 24 heavy (non-hydrogen) atoms. The molecule has 2 aliphatic rings. The van der Waals surface area contributed by atoms with Gasteiger partial charge in [-0.2, -0.15) is 0 Å². The summed E-state index contributed by atoms with van der Waals surface area (Å²) in [7, 11) is 1.83. The summed E-state index contributed by atoms with van der Waals surface area (Å²) in [5.41, 5.74) is 1.98. The Morgan fingerprint density at radius 1 is 1.29 bits per heavy atom. The first-order chi connectivity index (χ1) is 11.6. The average Bonchev–Trinajstić information content (AvgIpc) is 3.49. The van der Waals surface area contributed by atoms with Gasteiger partial charge in [-0.15, -0.1) is 5.10 Å². The van der Waals surface area contributed by atoms with Crippen LogP contribution in [0.15, 0.2) is 30.5 Å². The highest BCUT2D eigenvalue weighted by atomic mass is 19.1. The molecule has 2 saturated carbocycles. The minimum absolute atomic E-state index is 0.00321. The summed E-state index contributed by atoms with van der Waals surface area (Å²) in [4.78, 5) is 14.5. The second kappa shape index (κ2) is 6.00. The lowest BCUT2D eigenvalue weighted by atomic mass is 10.0. The Morgan fingerprint density at radius 2 is 2.00 bits per heavy atom. The Labute approximate surface area is 140 Å². The van der Waals surface area contributed by atoms with E-state index >= 15 is 0 Å². The first-order valence-corrected chi connectivity index (χ1v) is 8.53. The van der Waals surface area contributed by atoms with Crippen LogP contribution in [0, 0.1) is 11.7 Å². The second-order valence-corrected chi connectivity index (χ2v) is 6.95. The van der Waals surface area contributed by atoms with Gasteiger partial charge in [0.25, 0.3) is 0 Å². The molecule has 126 valence electrons. The van der Waals surface area contributed by atoms with E-state index in [-0.39, 0.29) is 24.3 Å². The molecule has 1 aromatic carbocycles. The summed E-state index contributed by atoms with van der Waals surface area (Å²) in [5, 5.41) is 8.22. The van der Waals surface area contributed by atoms with Crippen LogP contribution in [-0.2, 0) is 11.3 Å². The van der Waals surface area contributed by atoms with Gasteiger partial charge in [0.1, 0.15) is 12.4 Å². The van der Waals surface area contributed by atoms with Crippen LogP contribution < -0.4 is 0 Å². The molecule has 5 nitrogen and oxygen atoms in total. The third-order valence-corrected chi connectivity index (χ3v) is 4.94. The number of likely N-dealkylation sites (N-methyl/N-ethyl adjacent to an activating group) is 1. The largest absolute Gasteiger partial charge is 0.337 e. The zero-order chi connectivity index (χ0) is 16.7. The molecule has 0 N–H and O–H groups in total. The Kier molecular flexibility index (Phi) is 3.82. The number of aromatic nitrogens is 3. The van der Waals surface area contributed by atoms with Crippen molar-refractivity contribution >= 4 is 5.91 Å². The van der Waals surface area contributed by atoms with Gasteiger partial charge in [0, 0.05) is 19.2 Å². The SMILES string of the molecule is CN(C(=O)Cn1cc(C2CC2)nn1)[C@@H](c1ccc(F)cc1)C1CC1. The number of rotatable bonds is 6. The Bertz CT molecular complexity index is 734. The van der Waals surface area contributed by atoms with Crippen molar-refractivity contribution in [3.8, 4) is 0 Å². The molecule has 0 spiro atoms. The lowest BCUT2D eigenvalue weighted by Gasteiger charge is -2.29. The van der Waals surface area contributed by atoms with Crippen LogP contribution in [-0.4, -0.2) is 32.8 Å². The van der Waals surface area contributed by atoms with E-state index in [4.69, 9.17) is 0 Å². The van der Waals surface area contributed by atoms with Crippen LogP contribution in [0.5, 0.6) is 0 Å². The fraction of sp³-hybridized carbons (Fsp3) is 0.500. The molecule has 2 aromatic rings. The van der Waals surface area contributed by atoms with Gasteiger partial charge in [0.2, 0.25) is 5.91 Å². The smallest absolute Gasteiger partial charge is 0.244 e. The van der Waals surface area contributed by atoms with Gasteiger partial charge in [0.05, 0.1) is 11.7 Å². The number of halogens is 1. The molecule has 1 aromatic heterocycles. The van der Waals surface area contributed by atoms with Crippen molar-refractivity contribution in [3.05, 3.63) is 47.5 Å². The summed E-state index contributed by atoms with van der Waals surface area (Å²) in [6.07, 6.45) is 6.43. The molecule has 0 unspecified atom stereocenters. The minimum Gasteiger partial charge on any atom is -0.337 e. The number of carbonyl (C=O) groups is 1. The van der Waals surface area contributed by atoms with Gasteiger partial charge in [-0.3, -0.25) is 4.79 Å². The van der Waals surface area contributed by atoms with Crippen molar-refractivity contribution in [3.63, 3.8) is 0 Å². The van der Waals surface area contributed by atoms with Crippen molar-refractivity contribution < 1.29 is 9.18 Å². The maximum atomic E-state index is 13.2. The van der Waals surface area contributed by atoms with Crippen LogP contribution >= 0.6 is 0 Å². The summed E-state index contributed by atoms with van der Waals surface area (Å²) in [6, 6.07) is 6.49. The number of hydrogen-bond donors (Lipinski definition) is 0. The monoisotopic (exact) mass is 328 g/mol. The molecule has 0 aliphatic heterocycles. The van der Waals surface area contributed by atoms with Crippen molar-refractivity contribution in [1.82, 2.24) is 19.9 Å². The summed E-state index contributed by atoms with van der Waals surface area (Å²) in [6.45, 7) is 0.195. The highest BCUT2D eigenvalue weighted by Crippen LogP contribution is 2.44. The molecule has 0 bridgehead atoms. The van der Waals surface area contributed by atoms with Crippen LogP contribution in [0.1, 0.15) is 48.9 Å². The Morgan fingerprint density at radius 3 is 2.62 bits per heavy atom. The van der Waals surface area contributed by atoms with Crippen molar-refractivity contribution in [2.75, 3.05) is 7.05 Å². The van der Waals surface area contributed by atoms with Gasteiger partial charge in [-0.05, 0) is 49.3 Å². The minimum atomic E-state index is -0.252. The van der Waals surface area contributed by atoms with Gasteiger partial charge in [-0.1, -0.05) is 17.3 Å². The standard InChI is InChI=1S/C18H21FN4O/c1-22(17(24)11-23-10-16(20-21-23)12-2-3-12)18(13-4-5-13)14-6-8-15(19)9-7-14/h6-10,12-13,18H,2-5,11H2,1H3/t18-/m1/s1. The molecule has 2 aliphatic carbocycles. The zero-order valence-electron chi connectivity index (χ0n) is 13.7. The first-order valence-electron chi connectivity index (χ1n) is 8.53. The topological polar surface area (TPSA) is 51.0 Å². The second-order valence-electron chi connectivity index (χ2n) is 6.95. The van der Waals surface area contributed by atoms with Crippen LogP contribution in [0.2, 0.25) is 0 Å². The molecule has 0 radical (unpaired) electrons. The number of hydrogen-bond acceptors (Lipinski definition) is 3. The molecule has 0 saturated heterocycles. The van der Waals surface area contributed by atoms with E-state index in [2.05, 4.69) is 10.3 Å². The Hall–Kier alpha value is -2.24. The normalized spacial score (nSPS) is 18.4. The molecular formula is C18H21FN4O. The molecule has 1 atom stereocenters. The van der Waals surface area contributed by atoms with Crippen LogP contribution in [0.4, 0.5) is 4.39 Å². The van der Waals surface area contributed by atoms with E-state index < -0.39 is 0 Å². The Balaban J connectivity index is 1.47. The molecule has 2 fully saturated rings. The maximum Gasteiger partial charge on any atom is 0.244 e. The predicted molar refractivity (Wildman–Crippen MR) is 86.6 cm³/mol. The zero-order valence-corrected chi connectivity index (χ0v) is 13.7. The summed E-state index contributed by atoms with van der Waals surface area (Å²) in [5.74, 6) is 0.744. The predicted octanol–water partition coefficient (Wildman–Crippen LogP) is 2.90. The van der Waals surface area contributed by atoms with E-state index in [9.17, 15) is 9.18 Å². The van der Waals surface area contributed by atoms with Crippen molar-refractivity contribution in [2.24, 2.45) is 5.92 Å². The molecule has 1 heterocycles. The van der Waals surface area contributed by atoms with Gasteiger partial charge >= 0.3 is 0 Å². The number of carbonyl (C=O) groups excluding carboxylic acids is 1. The highest BCUT2D eigenvalue weighted by Gasteiger charge is 2.37. The maximum absolute atomic E-state index is 13.2. The third kappa shape index (κ3) is 3.18. The lowest BCUT2D eigenvalue weighted by molar-refractivity contribution is -0.133. The van der Waals surface area contributed by atoms with Gasteiger partial charge < -0.3 is 4.90 Å². The average molecular weight is 328 g/mol. The molecule has 1 amide bonds. The van der Waals surface area contributed by atoms with Crippen LogP contribution in [0.25, 0.3) is 0 Å². The third-order valence-electron chi connectivity index (χ3n) is 4.94. The van der Waals surface area contributed by atoms with Gasteiger partial charge in [0.15, 0.2) is 0 Å². The molecular weight excluding hydrogens is 307 g/mol. The summed E-state index contributed by atoms with van der Waals surface area (Å²) >= 11 is 0. The van der Waals surface area contributed by atoms with E-state index in [1.165, 1.54) is 25.0 Å². The van der Waals surface area contributed by atoms with Gasteiger partial charge in [-0.25, -0.2) is 9.07 Å². The van der Waals surface area contributed by atoms with E-state index in [0.717, 1.165) is 24.1 Å². The lowest BCUT2D eigenvalue weighted by Crippen LogP contribution is -2.35. The van der Waals surface area contributed by atoms with E-state index in [0.29, 0.717) is 11.8 Å².